The molecular weight excluding hydrogens is 357 g/mol. The Morgan fingerprint density at radius 1 is 1.40 bits per heavy atom. The van der Waals surface area contributed by atoms with Crippen molar-refractivity contribution in [3.63, 3.8) is 0 Å². The van der Waals surface area contributed by atoms with Crippen molar-refractivity contribution in [2.45, 2.75) is 37.9 Å². The first-order valence-corrected chi connectivity index (χ1v) is 7.81. The van der Waals surface area contributed by atoms with Crippen molar-refractivity contribution in [3.8, 4) is 0 Å². The molecule has 1 aromatic rings. The van der Waals surface area contributed by atoms with Crippen molar-refractivity contribution in [3.05, 3.63) is 22.3 Å². The normalized spacial score (nSPS) is 16.1. The molecule has 2 nitrogen and oxygen atoms in total. The fourth-order valence-electron chi connectivity index (χ4n) is 2.26. The molecule has 1 aliphatic rings. The number of anilines is 1. The van der Waals surface area contributed by atoms with Crippen LogP contribution in [0.25, 0.3) is 0 Å². The highest BCUT2D eigenvalue weighted by Gasteiger charge is 2.38. The van der Waals surface area contributed by atoms with Crippen LogP contribution >= 0.6 is 27.5 Å². The van der Waals surface area contributed by atoms with Gasteiger partial charge in [-0.2, -0.15) is 13.2 Å². The van der Waals surface area contributed by atoms with Crippen molar-refractivity contribution in [2.75, 3.05) is 17.3 Å². The van der Waals surface area contributed by atoms with Crippen molar-refractivity contribution in [1.82, 2.24) is 4.98 Å². The first kappa shape index (κ1) is 15.9. The smallest absolute Gasteiger partial charge is 0.353 e. The number of alkyl halides is 4. The van der Waals surface area contributed by atoms with E-state index in [1.807, 2.05) is 0 Å². The zero-order chi connectivity index (χ0) is 14.8. The summed E-state index contributed by atoms with van der Waals surface area (Å²) in [6.07, 6.45) is 0.535. The van der Waals surface area contributed by atoms with Crippen LogP contribution in [-0.4, -0.2) is 23.5 Å². The van der Waals surface area contributed by atoms with Crippen molar-refractivity contribution in [1.29, 1.82) is 0 Å². The number of hydrogen-bond acceptors (Lipinski definition) is 2. The summed E-state index contributed by atoms with van der Waals surface area (Å²) in [5.74, 6) is 0.455. The van der Waals surface area contributed by atoms with E-state index >= 15 is 0 Å². The van der Waals surface area contributed by atoms with E-state index < -0.39 is 11.7 Å². The summed E-state index contributed by atoms with van der Waals surface area (Å²) in [7, 11) is 0. The van der Waals surface area contributed by atoms with Crippen LogP contribution in [-0.2, 0) is 6.18 Å². The minimum absolute atomic E-state index is 0.0236. The number of aromatic nitrogens is 1. The maximum absolute atomic E-state index is 13.2. The molecule has 0 saturated heterocycles. The lowest BCUT2D eigenvalue weighted by Gasteiger charge is -2.39. The Labute approximate surface area is 129 Å². The van der Waals surface area contributed by atoms with Crippen LogP contribution < -0.4 is 4.90 Å². The van der Waals surface area contributed by atoms with Gasteiger partial charge in [-0.05, 0) is 47.7 Å². The van der Waals surface area contributed by atoms with Gasteiger partial charge in [0.05, 0.1) is 5.56 Å². The molecule has 20 heavy (non-hydrogen) atoms. The highest BCUT2D eigenvalue weighted by atomic mass is 79.9. The summed E-state index contributed by atoms with van der Waals surface area (Å²) in [5, 5.41) is 0. The Balaban J connectivity index is 2.36. The predicted molar refractivity (Wildman–Crippen MR) is 77.3 cm³/mol. The van der Waals surface area contributed by atoms with E-state index in [0.29, 0.717) is 23.3 Å². The van der Waals surface area contributed by atoms with Gasteiger partial charge in [-0.1, -0.05) is 0 Å². The molecule has 0 bridgehead atoms. The quantitative estimate of drug-likeness (QED) is 0.688. The second-order valence-electron chi connectivity index (χ2n) is 4.84. The van der Waals surface area contributed by atoms with Crippen LogP contribution in [0.15, 0.2) is 16.7 Å². The highest BCUT2D eigenvalue weighted by Crippen LogP contribution is 2.39. The zero-order valence-electron chi connectivity index (χ0n) is 10.8. The van der Waals surface area contributed by atoms with Gasteiger partial charge in [-0.25, -0.2) is 4.98 Å². The largest absolute Gasteiger partial charge is 0.419 e. The number of halogens is 5. The molecule has 0 radical (unpaired) electrons. The predicted octanol–water partition coefficient (Wildman–Crippen LogP) is 4.85. The van der Waals surface area contributed by atoms with E-state index in [1.54, 1.807) is 4.90 Å². The second kappa shape index (κ2) is 6.52. The first-order valence-electron chi connectivity index (χ1n) is 6.49. The second-order valence-corrected chi connectivity index (χ2v) is 6.14. The van der Waals surface area contributed by atoms with E-state index in [9.17, 15) is 13.2 Å². The van der Waals surface area contributed by atoms with Gasteiger partial charge in [0, 0.05) is 29.1 Å². The molecule has 0 spiro atoms. The average Bonchev–Trinajstić information content (AvgIpc) is 2.31. The zero-order valence-corrected chi connectivity index (χ0v) is 13.1. The van der Waals surface area contributed by atoms with Crippen molar-refractivity contribution in [2.24, 2.45) is 0 Å². The molecular formula is C13H15BrClF3N2. The van der Waals surface area contributed by atoms with Gasteiger partial charge in [0.25, 0.3) is 0 Å². The number of rotatable bonds is 5. The first-order chi connectivity index (χ1) is 9.43. The summed E-state index contributed by atoms with van der Waals surface area (Å²) >= 11 is 8.73. The molecule has 7 heteroatoms. The van der Waals surface area contributed by atoms with E-state index in [4.69, 9.17) is 11.6 Å². The third kappa shape index (κ3) is 3.58. The maximum Gasteiger partial charge on any atom is 0.419 e. The van der Waals surface area contributed by atoms with Gasteiger partial charge in [0.2, 0.25) is 0 Å². The van der Waals surface area contributed by atoms with E-state index in [-0.39, 0.29) is 11.9 Å². The molecule has 1 aliphatic carbocycles. The highest BCUT2D eigenvalue weighted by molar-refractivity contribution is 9.10. The van der Waals surface area contributed by atoms with Crippen LogP contribution in [0, 0.1) is 0 Å². The van der Waals surface area contributed by atoms with E-state index in [0.717, 1.165) is 25.3 Å². The lowest BCUT2D eigenvalue weighted by atomic mass is 9.91. The molecule has 0 aliphatic heterocycles. The Morgan fingerprint density at radius 2 is 2.10 bits per heavy atom. The standard InChI is InChI=1S/C13H15BrClF3N2/c14-9-7-11(13(16,17)18)12(19-8-9)20(6-2-5-15)10-3-1-4-10/h7-8,10H,1-6H2. The Hall–Kier alpha value is -0.490. The van der Waals surface area contributed by atoms with Crippen molar-refractivity contribution < 1.29 is 13.2 Å². The Kier molecular flexibility index (Phi) is 5.18. The third-order valence-electron chi connectivity index (χ3n) is 3.46. The fourth-order valence-corrected chi connectivity index (χ4v) is 2.71. The summed E-state index contributed by atoms with van der Waals surface area (Å²) in [5.41, 5.74) is -0.687. The van der Waals surface area contributed by atoms with Gasteiger partial charge in [0.1, 0.15) is 5.82 Å². The molecule has 0 aromatic carbocycles. The molecule has 0 N–H and O–H groups in total. The summed E-state index contributed by atoms with van der Waals surface area (Å²) in [6, 6.07) is 1.24. The SMILES string of the molecule is FC(F)(F)c1cc(Br)cnc1N(CCCCl)C1CCC1. The molecule has 1 aromatic heterocycles. The lowest BCUT2D eigenvalue weighted by Crippen LogP contribution is -2.42. The topological polar surface area (TPSA) is 16.1 Å². The van der Waals surface area contributed by atoms with Crippen molar-refractivity contribution >= 4 is 33.3 Å². The monoisotopic (exact) mass is 370 g/mol. The Morgan fingerprint density at radius 3 is 2.60 bits per heavy atom. The lowest BCUT2D eigenvalue weighted by molar-refractivity contribution is -0.137. The molecule has 1 heterocycles. The Bertz CT molecular complexity index is 463. The van der Waals surface area contributed by atoms with Crippen LogP contribution in [0.3, 0.4) is 0 Å². The summed E-state index contributed by atoms with van der Waals surface area (Å²) < 4.78 is 39.9. The minimum Gasteiger partial charge on any atom is -0.353 e. The molecule has 112 valence electrons. The molecule has 2 rings (SSSR count). The van der Waals surface area contributed by atoms with Gasteiger partial charge in [-0.15, -0.1) is 11.6 Å². The van der Waals surface area contributed by atoms with Gasteiger partial charge in [-0.3, -0.25) is 0 Å². The molecule has 1 saturated carbocycles. The van der Waals surface area contributed by atoms with Gasteiger partial charge in [0.15, 0.2) is 0 Å². The summed E-state index contributed by atoms with van der Waals surface area (Å²) in [4.78, 5) is 5.78. The number of hydrogen-bond donors (Lipinski definition) is 0. The van der Waals surface area contributed by atoms with Crippen LogP contribution in [0.4, 0.5) is 19.0 Å². The third-order valence-corrected chi connectivity index (χ3v) is 4.16. The molecule has 0 atom stereocenters. The van der Waals surface area contributed by atoms with Crippen LogP contribution in [0.2, 0.25) is 0 Å². The number of nitrogens with zero attached hydrogens (tertiary/aromatic N) is 2. The maximum atomic E-state index is 13.2. The van der Waals surface area contributed by atoms with Crippen LogP contribution in [0.5, 0.6) is 0 Å². The fraction of sp³-hybridized carbons (Fsp3) is 0.615. The van der Waals surface area contributed by atoms with Crippen LogP contribution in [0.1, 0.15) is 31.2 Å². The minimum atomic E-state index is -4.41. The van der Waals surface area contributed by atoms with Gasteiger partial charge < -0.3 is 4.90 Å². The molecule has 0 amide bonds. The number of pyridine rings is 1. The van der Waals surface area contributed by atoms with E-state index in [2.05, 4.69) is 20.9 Å². The van der Waals surface area contributed by atoms with Gasteiger partial charge >= 0.3 is 6.18 Å². The molecule has 1 fully saturated rings. The molecule has 0 unspecified atom stereocenters. The van der Waals surface area contributed by atoms with E-state index in [1.165, 1.54) is 6.20 Å². The summed E-state index contributed by atoms with van der Waals surface area (Å²) in [6.45, 7) is 0.506. The average molecular weight is 372 g/mol.